The number of nitrogens with one attached hydrogen (secondary N) is 1. The number of aliphatic hydroxyl groups is 1. The Balaban J connectivity index is 2.52. The lowest BCUT2D eigenvalue weighted by Gasteiger charge is -2.41. The molecule has 0 atom stereocenters. The van der Waals surface area contributed by atoms with Crippen LogP contribution in [-0.4, -0.2) is 49.3 Å². The highest BCUT2D eigenvalue weighted by molar-refractivity contribution is 4.87. The normalized spacial score (nSPS) is 19.3. The summed E-state index contributed by atoms with van der Waals surface area (Å²) in [6, 6.07) is 0. The zero-order valence-electron chi connectivity index (χ0n) is 12.4. The van der Waals surface area contributed by atoms with Gasteiger partial charge in [0.25, 0.3) is 0 Å². The number of nitrogens with zero attached hydrogens (tertiary/aromatic N) is 1. The summed E-state index contributed by atoms with van der Waals surface area (Å²) in [7, 11) is 0. The average Bonchev–Trinajstić information content (AvgIpc) is 2.42. The molecule has 1 aliphatic rings. The maximum atomic E-state index is 8.98. The van der Waals surface area contributed by atoms with Crippen LogP contribution in [0.5, 0.6) is 0 Å². The standard InChI is InChI=1S/C15H32N2O/c1-3-16-13-15(9-6-5-7-10-15)14-17(4-2)11-8-12-18/h16,18H,3-14H2,1-2H3. The Hall–Kier alpha value is -0.120. The van der Waals surface area contributed by atoms with Gasteiger partial charge >= 0.3 is 0 Å². The second-order valence-electron chi connectivity index (χ2n) is 5.79. The first kappa shape index (κ1) is 15.9. The van der Waals surface area contributed by atoms with E-state index in [1.807, 2.05) is 0 Å². The van der Waals surface area contributed by atoms with Crippen molar-refractivity contribution in [2.75, 3.05) is 39.3 Å². The van der Waals surface area contributed by atoms with Gasteiger partial charge in [-0.3, -0.25) is 0 Å². The summed E-state index contributed by atoms with van der Waals surface area (Å²) in [5.74, 6) is 0. The van der Waals surface area contributed by atoms with E-state index in [1.165, 1.54) is 45.2 Å². The van der Waals surface area contributed by atoms with E-state index in [9.17, 15) is 0 Å². The molecule has 3 nitrogen and oxygen atoms in total. The molecule has 0 radical (unpaired) electrons. The molecule has 0 heterocycles. The van der Waals surface area contributed by atoms with Crippen LogP contribution in [0.25, 0.3) is 0 Å². The van der Waals surface area contributed by atoms with Crippen molar-refractivity contribution in [2.45, 2.75) is 52.4 Å². The third-order valence-corrected chi connectivity index (χ3v) is 4.30. The molecule has 18 heavy (non-hydrogen) atoms. The van der Waals surface area contributed by atoms with Gasteiger partial charge in [-0.05, 0) is 37.8 Å². The third-order valence-electron chi connectivity index (χ3n) is 4.30. The fourth-order valence-electron chi connectivity index (χ4n) is 3.20. The Labute approximate surface area is 113 Å². The van der Waals surface area contributed by atoms with Crippen LogP contribution in [0.4, 0.5) is 0 Å². The lowest BCUT2D eigenvalue weighted by molar-refractivity contribution is 0.101. The first-order valence-corrected chi connectivity index (χ1v) is 7.80. The van der Waals surface area contributed by atoms with E-state index >= 15 is 0 Å². The van der Waals surface area contributed by atoms with Crippen LogP contribution in [-0.2, 0) is 0 Å². The molecule has 108 valence electrons. The Morgan fingerprint density at radius 1 is 1.17 bits per heavy atom. The molecule has 1 saturated carbocycles. The van der Waals surface area contributed by atoms with Crippen molar-refractivity contribution < 1.29 is 5.11 Å². The van der Waals surface area contributed by atoms with Crippen LogP contribution in [0.2, 0.25) is 0 Å². The Bertz CT molecular complexity index is 203. The van der Waals surface area contributed by atoms with Crippen LogP contribution < -0.4 is 5.32 Å². The van der Waals surface area contributed by atoms with Gasteiger partial charge in [-0.15, -0.1) is 0 Å². The summed E-state index contributed by atoms with van der Waals surface area (Å²) in [5, 5.41) is 12.6. The first-order valence-electron chi connectivity index (χ1n) is 7.80. The molecule has 0 spiro atoms. The Morgan fingerprint density at radius 2 is 1.89 bits per heavy atom. The molecule has 0 aromatic carbocycles. The first-order chi connectivity index (χ1) is 8.76. The molecule has 0 amide bonds. The van der Waals surface area contributed by atoms with Crippen LogP contribution in [0, 0.1) is 5.41 Å². The molecule has 2 N–H and O–H groups in total. The molecular weight excluding hydrogens is 224 g/mol. The summed E-state index contributed by atoms with van der Waals surface area (Å²) < 4.78 is 0. The maximum absolute atomic E-state index is 8.98. The SMILES string of the molecule is CCNCC1(CN(CC)CCCO)CCCCC1. The summed E-state index contributed by atoms with van der Waals surface area (Å²) in [6.45, 7) is 10.3. The van der Waals surface area contributed by atoms with E-state index < -0.39 is 0 Å². The van der Waals surface area contributed by atoms with Crippen LogP contribution >= 0.6 is 0 Å². The number of rotatable bonds is 9. The van der Waals surface area contributed by atoms with Gasteiger partial charge < -0.3 is 15.3 Å². The van der Waals surface area contributed by atoms with E-state index in [0.717, 1.165) is 26.1 Å². The second kappa shape index (κ2) is 8.89. The van der Waals surface area contributed by atoms with Gasteiger partial charge in [0.1, 0.15) is 0 Å². The van der Waals surface area contributed by atoms with Crippen molar-refractivity contribution in [1.82, 2.24) is 10.2 Å². The summed E-state index contributed by atoms with van der Waals surface area (Å²) in [5.41, 5.74) is 0.486. The molecule has 0 aliphatic heterocycles. The fourth-order valence-corrected chi connectivity index (χ4v) is 3.20. The van der Waals surface area contributed by atoms with Gasteiger partial charge in [-0.25, -0.2) is 0 Å². The zero-order valence-corrected chi connectivity index (χ0v) is 12.4. The van der Waals surface area contributed by atoms with Crippen LogP contribution in [0.15, 0.2) is 0 Å². The number of hydrogen-bond donors (Lipinski definition) is 2. The molecular formula is C15H32N2O. The monoisotopic (exact) mass is 256 g/mol. The highest BCUT2D eigenvalue weighted by atomic mass is 16.3. The van der Waals surface area contributed by atoms with E-state index in [-0.39, 0.29) is 0 Å². The molecule has 0 aromatic rings. The van der Waals surface area contributed by atoms with Crippen molar-refractivity contribution in [2.24, 2.45) is 5.41 Å². The van der Waals surface area contributed by atoms with E-state index in [4.69, 9.17) is 5.11 Å². The molecule has 0 aromatic heterocycles. The van der Waals surface area contributed by atoms with E-state index in [2.05, 4.69) is 24.1 Å². The van der Waals surface area contributed by atoms with Crippen LogP contribution in [0.3, 0.4) is 0 Å². The minimum Gasteiger partial charge on any atom is -0.396 e. The Kier molecular flexibility index (Phi) is 7.87. The predicted molar refractivity (Wildman–Crippen MR) is 77.9 cm³/mol. The summed E-state index contributed by atoms with van der Waals surface area (Å²) >= 11 is 0. The minimum absolute atomic E-state index is 0.316. The molecule has 3 heteroatoms. The Morgan fingerprint density at radius 3 is 2.44 bits per heavy atom. The molecule has 1 rings (SSSR count). The number of hydrogen-bond acceptors (Lipinski definition) is 3. The average molecular weight is 256 g/mol. The van der Waals surface area contributed by atoms with E-state index in [1.54, 1.807) is 0 Å². The summed E-state index contributed by atoms with van der Waals surface area (Å²) in [4.78, 5) is 2.53. The fraction of sp³-hybridized carbons (Fsp3) is 1.00. The molecule has 1 aliphatic carbocycles. The van der Waals surface area contributed by atoms with E-state index in [0.29, 0.717) is 12.0 Å². The summed E-state index contributed by atoms with van der Waals surface area (Å²) in [6.07, 6.45) is 7.85. The highest BCUT2D eigenvalue weighted by Crippen LogP contribution is 2.36. The molecule has 0 unspecified atom stereocenters. The maximum Gasteiger partial charge on any atom is 0.0443 e. The van der Waals surface area contributed by atoms with Gasteiger partial charge in [0.05, 0.1) is 0 Å². The smallest absolute Gasteiger partial charge is 0.0443 e. The van der Waals surface area contributed by atoms with Gasteiger partial charge in [-0.2, -0.15) is 0 Å². The largest absolute Gasteiger partial charge is 0.396 e. The lowest BCUT2D eigenvalue weighted by Crippen LogP contribution is -2.45. The topological polar surface area (TPSA) is 35.5 Å². The van der Waals surface area contributed by atoms with Crippen molar-refractivity contribution >= 4 is 0 Å². The second-order valence-corrected chi connectivity index (χ2v) is 5.79. The molecule has 1 fully saturated rings. The van der Waals surface area contributed by atoms with Gasteiger partial charge in [0.2, 0.25) is 0 Å². The van der Waals surface area contributed by atoms with Gasteiger partial charge in [0, 0.05) is 26.2 Å². The van der Waals surface area contributed by atoms with Crippen molar-refractivity contribution in [3.05, 3.63) is 0 Å². The number of aliphatic hydroxyl groups excluding tert-OH is 1. The van der Waals surface area contributed by atoms with Crippen molar-refractivity contribution in [1.29, 1.82) is 0 Å². The minimum atomic E-state index is 0.316. The third kappa shape index (κ3) is 5.25. The highest BCUT2D eigenvalue weighted by Gasteiger charge is 2.32. The van der Waals surface area contributed by atoms with Gasteiger partial charge in [0.15, 0.2) is 0 Å². The predicted octanol–water partition coefficient (Wildman–Crippen LogP) is 2.25. The van der Waals surface area contributed by atoms with Crippen LogP contribution in [0.1, 0.15) is 52.4 Å². The lowest BCUT2D eigenvalue weighted by atomic mass is 9.73. The van der Waals surface area contributed by atoms with Crippen molar-refractivity contribution in [3.63, 3.8) is 0 Å². The zero-order chi connectivity index (χ0) is 13.3. The van der Waals surface area contributed by atoms with Gasteiger partial charge in [-0.1, -0.05) is 33.1 Å². The quantitative estimate of drug-likeness (QED) is 0.664. The van der Waals surface area contributed by atoms with Crippen molar-refractivity contribution in [3.8, 4) is 0 Å². The molecule has 0 bridgehead atoms. The molecule has 0 saturated heterocycles.